The van der Waals surface area contributed by atoms with Crippen molar-refractivity contribution >= 4 is 10.0 Å². The van der Waals surface area contributed by atoms with Gasteiger partial charge in [0.25, 0.3) is 0 Å². The van der Waals surface area contributed by atoms with E-state index in [4.69, 9.17) is 5.26 Å². The summed E-state index contributed by atoms with van der Waals surface area (Å²) in [7, 11) is -3.22. The Morgan fingerprint density at radius 2 is 2.00 bits per heavy atom. The van der Waals surface area contributed by atoms with Crippen molar-refractivity contribution in [1.29, 1.82) is 5.26 Å². The van der Waals surface area contributed by atoms with Crippen LogP contribution in [0.4, 0.5) is 0 Å². The van der Waals surface area contributed by atoms with Crippen molar-refractivity contribution < 1.29 is 8.42 Å². The molecule has 0 bridgehead atoms. The molecule has 0 spiro atoms. The van der Waals surface area contributed by atoms with E-state index in [2.05, 4.69) is 4.72 Å². The molecule has 1 aliphatic rings. The lowest BCUT2D eigenvalue weighted by Gasteiger charge is -2.22. The van der Waals surface area contributed by atoms with E-state index < -0.39 is 10.0 Å². The first-order chi connectivity index (χ1) is 8.07. The lowest BCUT2D eigenvalue weighted by Crippen LogP contribution is -2.37. The van der Waals surface area contributed by atoms with Gasteiger partial charge in [-0.3, -0.25) is 0 Å². The predicted molar refractivity (Wildman–Crippen MR) is 67.8 cm³/mol. The van der Waals surface area contributed by atoms with E-state index in [1.807, 2.05) is 13.0 Å². The summed E-state index contributed by atoms with van der Waals surface area (Å²) in [4.78, 5) is 0. The molecular formula is C12H22N2O2S. The summed E-state index contributed by atoms with van der Waals surface area (Å²) in [6.07, 6.45) is 6.49. The van der Waals surface area contributed by atoms with Crippen LogP contribution in [0, 0.1) is 17.2 Å². The molecule has 1 saturated carbocycles. The van der Waals surface area contributed by atoms with Gasteiger partial charge in [-0.15, -0.1) is 0 Å². The molecule has 1 aliphatic carbocycles. The van der Waals surface area contributed by atoms with E-state index in [1.165, 1.54) is 6.42 Å². The van der Waals surface area contributed by atoms with Crippen LogP contribution in [-0.2, 0) is 10.0 Å². The van der Waals surface area contributed by atoms with Gasteiger partial charge < -0.3 is 0 Å². The summed E-state index contributed by atoms with van der Waals surface area (Å²) in [6.45, 7) is 1.89. The molecule has 1 unspecified atom stereocenters. The molecule has 0 aromatic rings. The molecule has 0 heterocycles. The lowest BCUT2D eigenvalue weighted by atomic mass is 9.91. The number of rotatable bonds is 6. The maximum atomic E-state index is 11.9. The Bertz CT molecular complexity index is 353. The van der Waals surface area contributed by atoms with Gasteiger partial charge in [-0.25, -0.2) is 13.1 Å². The Morgan fingerprint density at radius 3 is 2.53 bits per heavy atom. The molecule has 4 nitrogen and oxygen atoms in total. The summed E-state index contributed by atoms with van der Waals surface area (Å²) < 4.78 is 26.5. The topological polar surface area (TPSA) is 70.0 Å². The summed E-state index contributed by atoms with van der Waals surface area (Å²) in [5, 5.41) is 8.60. The average Bonchev–Trinajstić information content (AvgIpc) is 2.29. The highest BCUT2D eigenvalue weighted by atomic mass is 32.2. The summed E-state index contributed by atoms with van der Waals surface area (Å²) in [5.74, 6) is 0.537. The van der Waals surface area contributed by atoms with E-state index in [1.54, 1.807) is 0 Å². The second-order valence-electron chi connectivity index (χ2n) is 4.87. The summed E-state index contributed by atoms with van der Waals surface area (Å²) in [6, 6.07) is 1.79. The molecule has 0 aromatic carbocycles. The molecule has 1 fully saturated rings. The number of sulfonamides is 1. The van der Waals surface area contributed by atoms with Crippen molar-refractivity contribution in [3.05, 3.63) is 0 Å². The zero-order valence-corrected chi connectivity index (χ0v) is 11.3. The highest BCUT2D eigenvalue weighted by Crippen LogP contribution is 2.24. The van der Waals surface area contributed by atoms with Crippen LogP contribution >= 0.6 is 0 Å². The largest absolute Gasteiger partial charge is 0.212 e. The van der Waals surface area contributed by atoms with Crippen LogP contribution in [-0.4, -0.2) is 20.2 Å². The molecule has 17 heavy (non-hydrogen) atoms. The Labute approximate surface area is 104 Å². The van der Waals surface area contributed by atoms with Gasteiger partial charge in [0.2, 0.25) is 10.0 Å². The van der Waals surface area contributed by atoms with E-state index in [9.17, 15) is 8.42 Å². The van der Waals surface area contributed by atoms with Gasteiger partial charge in [0.1, 0.15) is 0 Å². The van der Waals surface area contributed by atoms with Gasteiger partial charge in [0.05, 0.1) is 18.2 Å². The number of hydrogen-bond donors (Lipinski definition) is 1. The molecule has 1 N–H and O–H groups in total. The summed E-state index contributed by atoms with van der Waals surface area (Å²) >= 11 is 0. The number of nitriles is 1. The summed E-state index contributed by atoms with van der Waals surface area (Å²) in [5.41, 5.74) is 0. The van der Waals surface area contributed by atoms with Crippen molar-refractivity contribution in [3.63, 3.8) is 0 Å². The van der Waals surface area contributed by atoms with Crippen molar-refractivity contribution in [1.82, 2.24) is 4.72 Å². The Kier molecular flexibility index (Phi) is 5.93. The third kappa shape index (κ3) is 5.51. The average molecular weight is 258 g/mol. The molecule has 0 amide bonds. The van der Waals surface area contributed by atoms with E-state index >= 15 is 0 Å². The monoisotopic (exact) mass is 258 g/mol. The van der Waals surface area contributed by atoms with Crippen LogP contribution in [0.1, 0.15) is 51.9 Å². The van der Waals surface area contributed by atoms with Gasteiger partial charge in [0.15, 0.2) is 0 Å². The van der Waals surface area contributed by atoms with Crippen LogP contribution in [0.3, 0.4) is 0 Å². The van der Waals surface area contributed by atoms with Gasteiger partial charge >= 0.3 is 0 Å². The highest BCUT2D eigenvalue weighted by molar-refractivity contribution is 7.89. The Hall–Kier alpha value is -0.600. The second-order valence-corrected chi connectivity index (χ2v) is 6.67. The van der Waals surface area contributed by atoms with Gasteiger partial charge in [-0.2, -0.15) is 5.26 Å². The Morgan fingerprint density at radius 1 is 1.35 bits per heavy atom. The van der Waals surface area contributed by atoms with Crippen LogP contribution < -0.4 is 4.72 Å². The number of nitrogens with zero attached hydrogens (tertiary/aromatic N) is 1. The molecule has 1 rings (SSSR count). The van der Waals surface area contributed by atoms with E-state index in [-0.39, 0.29) is 18.2 Å². The smallest absolute Gasteiger partial charge is 0.212 e. The third-order valence-electron chi connectivity index (χ3n) is 3.36. The SMILES string of the molecule is CCC(CC#N)NS(=O)(=O)CC1CCCCC1. The quantitative estimate of drug-likeness (QED) is 0.793. The zero-order chi connectivity index (χ0) is 12.7. The van der Waals surface area contributed by atoms with Crippen LogP contribution in [0.15, 0.2) is 0 Å². The molecule has 1 atom stereocenters. The molecular weight excluding hydrogens is 236 g/mol. The lowest BCUT2D eigenvalue weighted by molar-refractivity contribution is 0.383. The van der Waals surface area contributed by atoms with Crippen LogP contribution in [0.25, 0.3) is 0 Å². The number of hydrogen-bond acceptors (Lipinski definition) is 3. The van der Waals surface area contributed by atoms with Crippen molar-refractivity contribution in [2.45, 2.75) is 57.9 Å². The normalized spacial score (nSPS) is 19.8. The minimum absolute atomic E-state index is 0.228. The maximum Gasteiger partial charge on any atom is 0.212 e. The highest BCUT2D eigenvalue weighted by Gasteiger charge is 2.23. The first-order valence-corrected chi connectivity index (χ1v) is 8.09. The minimum Gasteiger partial charge on any atom is -0.212 e. The van der Waals surface area contributed by atoms with Gasteiger partial charge in [-0.1, -0.05) is 26.2 Å². The van der Waals surface area contributed by atoms with E-state index in [0.29, 0.717) is 12.3 Å². The third-order valence-corrected chi connectivity index (χ3v) is 4.96. The molecule has 0 aromatic heterocycles. The molecule has 0 radical (unpaired) electrons. The van der Waals surface area contributed by atoms with Gasteiger partial charge in [-0.05, 0) is 25.2 Å². The molecule has 98 valence electrons. The zero-order valence-electron chi connectivity index (χ0n) is 10.5. The fraction of sp³-hybridized carbons (Fsp3) is 0.917. The first kappa shape index (κ1) is 14.5. The Balaban J connectivity index is 2.46. The minimum atomic E-state index is -3.22. The molecule has 0 saturated heterocycles. The van der Waals surface area contributed by atoms with Crippen molar-refractivity contribution in [3.8, 4) is 6.07 Å². The fourth-order valence-corrected chi connectivity index (χ4v) is 4.15. The van der Waals surface area contributed by atoms with Crippen molar-refractivity contribution in [2.24, 2.45) is 5.92 Å². The van der Waals surface area contributed by atoms with E-state index in [0.717, 1.165) is 25.7 Å². The van der Waals surface area contributed by atoms with Gasteiger partial charge in [0, 0.05) is 6.04 Å². The van der Waals surface area contributed by atoms with Crippen molar-refractivity contribution in [2.75, 3.05) is 5.75 Å². The van der Waals surface area contributed by atoms with Crippen LogP contribution in [0.5, 0.6) is 0 Å². The fourth-order valence-electron chi connectivity index (χ4n) is 2.35. The second kappa shape index (κ2) is 6.97. The predicted octanol–water partition coefficient (Wildman–Crippen LogP) is 2.18. The maximum absolute atomic E-state index is 11.9. The first-order valence-electron chi connectivity index (χ1n) is 6.44. The molecule has 5 heteroatoms. The molecule has 0 aliphatic heterocycles. The standard InChI is InChI=1S/C12H22N2O2S/c1-2-12(8-9-13)14-17(15,16)10-11-6-4-3-5-7-11/h11-12,14H,2-8,10H2,1H3. The van der Waals surface area contributed by atoms with Crippen LogP contribution in [0.2, 0.25) is 0 Å². The number of nitrogens with one attached hydrogen (secondary N) is 1.